The van der Waals surface area contributed by atoms with Gasteiger partial charge in [0.15, 0.2) is 0 Å². The van der Waals surface area contributed by atoms with E-state index in [0.717, 1.165) is 0 Å². The van der Waals surface area contributed by atoms with E-state index in [1.54, 1.807) is 0 Å². The normalized spacial score (nSPS) is 12.1. The van der Waals surface area contributed by atoms with Crippen LogP contribution >= 0.6 is 0 Å². The number of benzene rings is 1. The molecule has 0 saturated heterocycles. The van der Waals surface area contributed by atoms with Gasteiger partial charge in [-0.3, -0.25) is 0 Å². The Balaban J connectivity index is 3.17. The van der Waals surface area contributed by atoms with Crippen molar-refractivity contribution in [3.63, 3.8) is 0 Å². The lowest BCUT2D eigenvalue weighted by Crippen LogP contribution is -2.55. The molecule has 0 fully saturated rings. The molecule has 15 heavy (non-hydrogen) atoms. The van der Waals surface area contributed by atoms with E-state index in [2.05, 4.69) is 55.0 Å². The molecule has 0 bridgehead atoms. The summed E-state index contributed by atoms with van der Waals surface area (Å²) in [4.78, 5) is 6.74. The Labute approximate surface area is 94.9 Å². The van der Waals surface area contributed by atoms with Crippen LogP contribution < -0.4 is 15.2 Å². The number of hydrogen-bond acceptors (Lipinski definition) is 2. The first-order valence-corrected chi connectivity index (χ1v) is 6.83. The molecule has 0 amide bonds. The molecular formula is C12H21N2Si. The van der Waals surface area contributed by atoms with Crippen molar-refractivity contribution in [2.75, 3.05) is 14.1 Å². The van der Waals surface area contributed by atoms with Crippen molar-refractivity contribution in [1.82, 2.24) is 9.96 Å². The molecule has 0 aromatic heterocycles. The van der Waals surface area contributed by atoms with Gasteiger partial charge in [-0.1, -0.05) is 45.0 Å². The smallest absolute Gasteiger partial charge is 0.260 e. The van der Waals surface area contributed by atoms with Gasteiger partial charge in [0.2, 0.25) is 0 Å². The minimum atomic E-state index is -0.813. The van der Waals surface area contributed by atoms with Gasteiger partial charge in [-0.05, 0) is 30.3 Å². The minimum Gasteiger partial charge on any atom is -0.325 e. The summed E-state index contributed by atoms with van der Waals surface area (Å²) in [7, 11) is 3.22. The summed E-state index contributed by atoms with van der Waals surface area (Å²) < 4.78 is 0. The van der Waals surface area contributed by atoms with Crippen LogP contribution in [0.4, 0.5) is 0 Å². The van der Waals surface area contributed by atoms with Crippen LogP contribution in [0.25, 0.3) is 0 Å². The van der Waals surface area contributed by atoms with Crippen LogP contribution in [-0.4, -0.2) is 23.2 Å². The quantitative estimate of drug-likeness (QED) is 0.748. The molecule has 0 saturated carbocycles. The predicted octanol–water partition coefficient (Wildman–Crippen LogP) is 1.12. The van der Waals surface area contributed by atoms with Gasteiger partial charge in [-0.15, -0.1) is 0 Å². The molecule has 83 valence electrons. The van der Waals surface area contributed by atoms with E-state index in [1.807, 2.05) is 14.1 Å². The lowest BCUT2D eigenvalue weighted by molar-refractivity contribution is 0.593. The summed E-state index contributed by atoms with van der Waals surface area (Å²) in [6.45, 7) is 6.78. The average Bonchev–Trinajstić information content (AvgIpc) is 2.19. The first-order valence-electron chi connectivity index (χ1n) is 5.33. The molecule has 1 rings (SSSR count). The monoisotopic (exact) mass is 221 g/mol. The van der Waals surface area contributed by atoms with Gasteiger partial charge < -0.3 is 9.96 Å². The van der Waals surface area contributed by atoms with Crippen LogP contribution in [0.3, 0.4) is 0 Å². The summed E-state index contributed by atoms with van der Waals surface area (Å²) >= 11 is 0. The lowest BCUT2D eigenvalue weighted by Gasteiger charge is -2.25. The molecular weight excluding hydrogens is 200 g/mol. The lowest BCUT2D eigenvalue weighted by atomic mass is 9.87. The first-order chi connectivity index (χ1) is 7.00. The topological polar surface area (TPSA) is 24.1 Å². The van der Waals surface area contributed by atoms with Gasteiger partial charge in [-0.25, -0.2) is 0 Å². The SMILES string of the molecule is CN[Si](NC)c1ccccc1C(C)(C)C. The van der Waals surface area contributed by atoms with Gasteiger partial charge in [0.25, 0.3) is 9.12 Å². The fourth-order valence-electron chi connectivity index (χ4n) is 1.75. The number of nitrogens with one attached hydrogen (secondary N) is 2. The molecule has 0 aliphatic heterocycles. The highest BCUT2D eigenvalue weighted by Gasteiger charge is 2.22. The average molecular weight is 221 g/mol. The van der Waals surface area contributed by atoms with Gasteiger partial charge in [-0.2, -0.15) is 0 Å². The molecule has 0 heterocycles. The molecule has 0 aliphatic rings. The molecule has 1 aromatic carbocycles. The number of hydrogen-bond donors (Lipinski definition) is 2. The van der Waals surface area contributed by atoms with Crippen LogP contribution in [0.1, 0.15) is 26.3 Å². The van der Waals surface area contributed by atoms with E-state index in [-0.39, 0.29) is 5.41 Å². The van der Waals surface area contributed by atoms with E-state index in [1.165, 1.54) is 10.8 Å². The molecule has 2 N–H and O–H groups in total. The van der Waals surface area contributed by atoms with Crippen molar-refractivity contribution in [3.05, 3.63) is 29.8 Å². The zero-order valence-corrected chi connectivity index (χ0v) is 11.3. The Morgan fingerprint density at radius 1 is 1.00 bits per heavy atom. The second kappa shape index (κ2) is 4.92. The van der Waals surface area contributed by atoms with Crippen LogP contribution in [0.2, 0.25) is 0 Å². The summed E-state index contributed by atoms with van der Waals surface area (Å²) in [6.07, 6.45) is 0. The Morgan fingerprint density at radius 3 is 2.00 bits per heavy atom. The summed E-state index contributed by atoms with van der Waals surface area (Å²) in [6, 6.07) is 8.69. The van der Waals surface area contributed by atoms with Crippen molar-refractivity contribution in [2.24, 2.45) is 0 Å². The maximum absolute atomic E-state index is 3.37. The van der Waals surface area contributed by atoms with Crippen LogP contribution in [0.15, 0.2) is 24.3 Å². The summed E-state index contributed by atoms with van der Waals surface area (Å²) in [5.74, 6) is 0. The van der Waals surface area contributed by atoms with Crippen molar-refractivity contribution in [3.8, 4) is 0 Å². The third-order valence-electron chi connectivity index (χ3n) is 2.50. The minimum absolute atomic E-state index is 0.209. The molecule has 1 aromatic rings. The largest absolute Gasteiger partial charge is 0.325 e. The maximum atomic E-state index is 3.37. The highest BCUT2D eigenvalue weighted by atomic mass is 28.3. The summed E-state index contributed by atoms with van der Waals surface area (Å²) in [5, 5.41) is 1.43. The standard InChI is InChI=1S/C12H21N2Si/c1-12(2,3)10-8-6-7-9-11(10)15(13-4)14-5/h6-9,13-14H,1-5H3. The van der Waals surface area contributed by atoms with E-state index < -0.39 is 9.12 Å². The predicted molar refractivity (Wildman–Crippen MR) is 68.6 cm³/mol. The third kappa shape index (κ3) is 2.90. The van der Waals surface area contributed by atoms with E-state index in [9.17, 15) is 0 Å². The Morgan fingerprint density at radius 2 is 1.53 bits per heavy atom. The molecule has 0 aliphatic carbocycles. The fourth-order valence-corrected chi connectivity index (χ4v) is 3.53. The Hall–Kier alpha value is -0.643. The molecule has 3 heteroatoms. The van der Waals surface area contributed by atoms with Crippen molar-refractivity contribution in [1.29, 1.82) is 0 Å². The van der Waals surface area contributed by atoms with Crippen LogP contribution in [0, 0.1) is 0 Å². The molecule has 1 radical (unpaired) electrons. The van der Waals surface area contributed by atoms with Gasteiger partial charge in [0.1, 0.15) is 0 Å². The third-order valence-corrected chi connectivity index (χ3v) is 4.48. The van der Waals surface area contributed by atoms with Gasteiger partial charge >= 0.3 is 0 Å². The van der Waals surface area contributed by atoms with Crippen molar-refractivity contribution < 1.29 is 0 Å². The van der Waals surface area contributed by atoms with Crippen LogP contribution in [-0.2, 0) is 5.41 Å². The Kier molecular flexibility index (Phi) is 4.08. The van der Waals surface area contributed by atoms with Crippen molar-refractivity contribution >= 4 is 14.3 Å². The second-order valence-corrected chi connectivity index (χ2v) is 6.96. The highest BCUT2D eigenvalue weighted by Crippen LogP contribution is 2.19. The van der Waals surface area contributed by atoms with E-state index >= 15 is 0 Å². The Bertz CT molecular complexity index is 314. The zero-order valence-electron chi connectivity index (χ0n) is 10.3. The highest BCUT2D eigenvalue weighted by molar-refractivity contribution is 6.69. The first kappa shape index (κ1) is 12.4. The molecule has 2 nitrogen and oxygen atoms in total. The molecule has 0 spiro atoms. The van der Waals surface area contributed by atoms with Gasteiger partial charge in [0.05, 0.1) is 0 Å². The van der Waals surface area contributed by atoms with Gasteiger partial charge in [0, 0.05) is 0 Å². The molecule has 0 unspecified atom stereocenters. The number of rotatable bonds is 3. The second-order valence-electron chi connectivity index (χ2n) is 4.67. The van der Waals surface area contributed by atoms with Crippen molar-refractivity contribution in [2.45, 2.75) is 26.2 Å². The fraction of sp³-hybridized carbons (Fsp3) is 0.500. The molecule has 0 atom stereocenters. The van der Waals surface area contributed by atoms with Crippen LogP contribution in [0.5, 0.6) is 0 Å². The summed E-state index contributed by atoms with van der Waals surface area (Å²) in [5.41, 5.74) is 1.64. The van der Waals surface area contributed by atoms with E-state index in [0.29, 0.717) is 0 Å². The van der Waals surface area contributed by atoms with E-state index in [4.69, 9.17) is 0 Å². The maximum Gasteiger partial charge on any atom is 0.260 e. The zero-order chi connectivity index (χ0) is 11.5.